The normalized spacial score (nSPS) is 11.1. The van der Waals surface area contributed by atoms with Gasteiger partial charge in [-0.3, -0.25) is 4.68 Å². The van der Waals surface area contributed by atoms with Crippen LogP contribution in [0.1, 0.15) is 6.42 Å². The Kier molecular flexibility index (Phi) is 2.88. The van der Waals surface area contributed by atoms with Gasteiger partial charge in [0.1, 0.15) is 11.0 Å². The van der Waals surface area contributed by atoms with Gasteiger partial charge in [-0.05, 0) is 31.2 Å². The van der Waals surface area contributed by atoms with E-state index in [0.717, 1.165) is 6.42 Å². The monoisotopic (exact) mass is 227 g/mol. The predicted molar refractivity (Wildman–Crippen MR) is 58.4 cm³/mol. The predicted octanol–water partition coefficient (Wildman–Crippen LogP) is 2.18. The summed E-state index contributed by atoms with van der Waals surface area (Å²) in [7, 11) is 0. The van der Waals surface area contributed by atoms with Gasteiger partial charge in [-0.15, -0.1) is 0 Å². The molecular formula is C10H11ClFN3. The lowest BCUT2D eigenvalue weighted by atomic mass is 10.2. The molecule has 0 fully saturated rings. The fourth-order valence-corrected chi connectivity index (χ4v) is 1.74. The maximum atomic E-state index is 13.0. The molecule has 15 heavy (non-hydrogen) atoms. The van der Waals surface area contributed by atoms with Gasteiger partial charge in [0, 0.05) is 11.9 Å². The summed E-state index contributed by atoms with van der Waals surface area (Å²) in [6.45, 7) is 1.24. The van der Waals surface area contributed by atoms with Crippen LogP contribution >= 0.6 is 11.6 Å². The maximum Gasteiger partial charge on any atom is 0.134 e. The average Bonchev–Trinajstić information content (AvgIpc) is 2.53. The Morgan fingerprint density at radius 1 is 1.47 bits per heavy atom. The van der Waals surface area contributed by atoms with Crippen LogP contribution in [-0.4, -0.2) is 16.3 Å². The van der Waals surface area contributed by atoms with Crippen molar-refractivity contribution in [1.82, 2.24) is 9.78 Å². The molecule has 0 bridgehead atoms. The highest BCUT2D eigenvalue weighted by Crippen LogP contribution is 2.24. The number of fused-ring (bicyclic) bond motifs is 1. The third-order valence-electron chi connectivity index (χ3n) is 2.21. The van der Waals surface area contributed by atoms with Gasteiger partial charge in [-0.1, -0.05) is 11.6 Å². The number of aryl methyl sites for hydroxylation is 1. The van der Waals surface area contributed by atoms with E-state index in [1.54, 1.807) is 10.7 Å². The molecule has 0 aliphatic rings. The smallest absolute Gasteiger partial charge is 0.134 e. The molecule has 1 aromatic carbocycles. The molecule has 3 nitrogen and oxygen atoms in total. The van der Waals surface area contributed by atoms with Crippen molar-refractivity contribution < 1.29 is 4.39 Å². The van der Waals surface area contributed by atoms with Gasteiger partial charge in [0.2, 0.25) is 0 Å². The number of halogens is 2. The standard InChI is InChI=1S/C10H11ClFN3/c11-10-8-6-7(12)2-3-9(8)14-15(10)5-1-4-13/h2-3,6H,1,4-5,13H2. The van der Waals surface area contributed by atoms with Gasteiger partial charge >= 0.3 is 0 Å². The summed E-state index contributed by atoms with van der Waals surface area (Å²) in [6, 6.07) is 4.39. The molecule has 5 heteroatoms. The van der Waals surface area contributed by atoms with Crippen molar-refractivity contribution in [2.24, 2.45) is 5.73 Å². The molecule has 0 saturated heterocycles. The Balaban J connectivity index is 2.45. The Labute approximate surface area is 91.6 Å². The van der Waals surface area contributed by atoms with Crippen molar-refractivity contribution in [2.75, 3.05) is 6.54 Å². The van der Waals surface area contributed by atoms with Crippen molar-refractivity contribution in [3.05, 3.63) is 29.2 Å². The van der Waals surface area contributed by atoms with E-state index in [4.69, 9.17) is 17.3 Å². The molecule has 0 saturated carbocycles. The number of rotatable bonds is 3. The van der Waals surface area contributed by atoms with Crippen LogP contribution in [0.25, 0.3) is 10.9 Å². The number of nitrogens with two attached hydrogens (primary N) is 1. The number of aromatic nitrogens is 2. The first kappa shape index (κ1) is 10.4. The van der Waals surface area contributed by atoms with Crippen LogP contribution in [-0.2, 0) is 6.54 Å². The third-order valence-corrected chi connectivity index (χ3v) is 2.61. The summed E-state index contributed by atoms with van der Waals surface area (Å²) in [5.74, 6) is -0.303. The second-order valence-electron chi connectivity index (χ2n) is 3.32. The molecule has 0 spiro atoms. The van der Waals surface area contributed by atoms with Crippen LogP contribution in [0.3, 0.4) is 0 Å². The summed E-state index contributed by atoms with van der Waals surface area (Å²) < 4.78 is 14.6. The highest BCUT2D eigenvalue weighted by molar-refractivity contribution is 6.34. The Morgan fingerprint density at radius 3 is 3.00 bits per heavy atom. The highest BCUT2D eigenvalue weighted by atomic mass is 35.5. The van der Waals surface area contributed by atoms with Crippen LogP contribution in [0.15, 0.2) is 18.2 Å². The molecular weight excluding hydrogens is 217 g/mol. The lowest BCUT2D eigenvalue weighted by Crippen LogP contribution is -2.06. The van der Waals surface area contributed by atoms with Crippen molar-refractivity contribution in [1.29, 1.82) is 0 Å². The minimum absolute atomic E-state index is 0.303. The molecule has 0 unspecified atom stereocenters. The molecule has 80 valence electrons. The number of nitrogens with zero attached hydrogens (tertiary/aromatic N) is 2. The molecule has 2 aromatic rings. The third kappa shape index (κ3) is 1.96. The van der Waals surface area contributed by atoms with E-state index < -0.39 is 0 Å². The summed E-state index contributed by atoms with van der Waals surface area (Å²) in [5, 5.41) is 5.37. The van der Waals surface area contributed by atoms with Gasteiger partial charge in [0.25, 0.3) is 0 Å². The zero-order valence-corrected chi connectivity index (χ0v) is 8.84. The topological polar surface area (TPSA) is 43.8 Å². The van der Waals surface area contributed by atoms with Crippen LogP contribution in [0.5, 0.6) is 0 Å². The largest absolute Gasteiger partial charge is 0.330 e. The van der Waals surface area contributed by atoms with Crippen LogP contribution in [0, 0.1) is 5.82 Å². The highest BCUT2D eigenvalue weighted by Gasteiger charge is 2.09. The zero-order chi connectivity index (χ0) is 10.8. The summed E-state index contributed by atoms with van der Waals surface area (Å²) >= 11 is 6.06. The van der Waals surface area contributed by atoms with E-state index >= 15 is 0 Å². The Morgan fingerprint density at radius 2 is 2.27 bits per heavy atom. The molecule has 0 aliphatic carbocycles. The number of hydrogen-bond acceptors (Lipinski definition) is 2. The number of hydrogen-bond donors (Lipinski definition) is 1. The lowest BCUT2D eigenvalue weighted by molar-refractivity contribution is 0.591. The van der Waals surface area contributed by atoms with Crippen molar-refractivity contribution in [3.63, 3.8) is 0 Å². The molecule has 0 radical (unpaired) electrons. The fraction of sp³-hybridized carbons (Fsp3) is 0.300. The van der Waals surface area contributed by atoms with Crippen LogP contribution < -0.4 is 5.73 Å². The molecule has 1 aromatic heterocycles. The second kappa shape index (κ2) is 4.16. The lowest BCUT2D eigenvalue weighted by Gasteiger charge is -1.99. The van der Waals surface area contributed by atoms with E-state index in [1.807, 2.05) is 0 Å². The maximum absolute atomic E-state index is 13.0. The fourth-order valence-electron chi connectivity index (χ4n) is 1.46. The Bertz CT molecular complexity index is 481. The van der Waals surface area contributed by atoms with Gasteiger partial charge in [0.15, 0.2) is 0 Å². The van der Waals surface area contributed by atoms with E-state index in [9.17, 15) is 4.39 Å². The van der Waals surface area contributed by atoms with Crippen molar-refractivity contribution in [2.45, 2.75) is 13.0 Å². The molecule has 1 heterocycles. The average molecular weight is 228 g/mol. The Hall–Kier alpha value is -1.13. The zero-order valence-electron chi connectivity index (χ0n) is 8.08. The van der Waals surface area contributed by atoms with Gasteiger partial charge < -0.3 is 5.73 Å². The van der Waals surface area contributed by atoms with Crippen LogP contribution in [0.2, 0.25) is 5.15 Å². The number of benzene rings is 1. The minimum Gasteiger partial charge on any atom is -0.330 e. The molecule has 0 amide bonds. The molecule has 0 atom stereocenters. The van der Waals surface area contributed by atoms with Crippen molar-refractivity contribution >= 4 is 22.5 Å². The van der Waals surface area contributed by atoms with E-state index in [1.165, 1.54) is 12.1 Å². The molecule has 2 rings (SSSR count). The summed E-state index contributed by atoms with van der Waals surface area (Å²) in [5.41, 5.74) is 6.11. The van der Waals surface area contributed by atoms with E-state index in [-0.39, 0.29) is 5.82 Å². The van der Waals surface area contributed by atoms with E-state index in [0.29, 0.717) is 29.1 Å². The van der Waals surface area contributed by atoms with Gasteiger partial charge in [-0.25, -0.2) is 4.39 Å². The first-order chi connectivity index (χ1) is 7.22. The van der Waals surface area contributed by atoms with Gasteiger partial charge in [-0.2, -0.15) is 5.10 Å². The molecule has 0 aliphatic heterocycles. The van der Waals surface area contributed by atoms with Gasteiger partial charge in [0.05, 0.1) is 5.52 Å². The SMILES string of the molecule is NCCCn1nc2ccc(F)cc2c1Cl. The summed E-state index contributed by atoms with van der Waals surface area (Å²) in [6.07, 6.45) is 0.802. The second-order valence-corrected chi connectivity index (χ2v) is 3.68. The van der Waals surface area contributed by atoms with Crippen molar-refractivity contribution in [3.8, 4) is 0 Å². The van der Waals surface area contributed by atoms with Crippen LogP contribution in [0.4, 0.5) is 4.39 Å². The molecule has 2 N–H and O–H groups in total. The first-order valence-electron chi connectivity index (χ1n) is 4.74. The summed E-state index contributed by atoms with van der Waals surface area (Å²) in [4.78, 5) is 0. The van der Waals surface area contributed by atoms with E-state index in [2.05, 4.69) is 5.10 Å². The minimum atomic E-state index is -0.303. The first-order valence-corrected chi connectivity index (χ1v) is 5.12. The quantitative estimate of drug-likeness (QED) is 0.874.